The van der Waals surface area contributed by atoms with E-state index in [1.165, 1.54) is 5.56 Å². The molecular weight excluding hydrogens is 362 g/mol. The molecule has 29 heavy (non-hydrogen) atoms. The number of hydrogen-bond donors (Lipinski definition) is 3. The van der Waals surface area contributed by atoms with Crippen molar-refractivity contribution < 1.29 is 9.90 Å². The van der Waals surface area contributed by atoms with Gasteiger partial charge < -0.3 is 16.2 Å². The van der Waals surface area contributed by atoms with Gasteiger partial charge in [-0.05, 0) is 54.9 Å². The van der Waals surface area contributed by atoms with Crippen LogP contribution in [0.4, 0.5) is 0 Å². The van der Waals surface area contributed by atoms with Gasteiger partial charge in [0, 0.05) is 41.6 Å². The smallest absolute Gasteiger partial charge is 0.248 e. The number of aromatic nitrogens is 1. The van der Waals surface area contributed by atoms with Crippen LogP contribution in [0.25, 0.3) is 11.3 Å². The van der Waals surface area contributed by atoms with Crippen molar-refractivity contribution in [2.45, 2.75) is 13.0 Å². The predicted octanol–water partition coefficient (Wildman–Crippen LogP) is 2.72. The third-order valence-electron chi connectivity index (χ3n) is 4.37. The topological polar surface area (TPSA) is 88.2 Å². The summed E-state index contributed by atoms with van der Waals surface area (Å²) in [6, 6.07) is 19.1. The van der Waals surface area contributed by atoms with E-state index in [0.717, 1.165) is 36.2 Å². The van der Waals surface area contributed by atoms with Crippen molar-refractivity contribution in [2.75, 3.05) is 13.2 Å². The van der Waals surface area contributed by atoms with Gasteiger partial charge in [0.1, 0.15) is 0 Å². The number of carbonyl (C=O) groups excluding carboxylic acids is 1. The summed E-state index contributed by atoms with van der Waals surface area (Å²) in [7, 11) is 0. The summed E-state index contributed by atoms with van der Waals surface area (Å²) in [5.41, 5.74) is 10.4. The van der Waals surface area contributed by atoms with Crippen LogP contribution in [-0.4, -0.2) is 29.1 Å². The molecule has 4 N–H and O–H groups in total. The lowest BCUT2D eigenvalue weighted by atomic mass is 10.1. The molecular formula is C24H23N3O2. The average Bonchev–Trinajstić information content (AvgIpc) is 2.76. The molecule has 146 valence electrons. The van der Waals surface area contributed by atoms with Gasteiger partial charge in [-0.1, -0.05) is 36.1 Å². The van der Waals surface area contributed by atoms with E-state index >= 15 is 0 Å². The third kappa shape index (κ3) is 6.01. The Morgan fingerprint density at radius 3 is 2.28 bits per heavy atom. The Kier molecular flexibility index (Phi) is 7.12. The molecule has 5 nitrogen and oxygen atoms in total. The van der Waals surface area contributed by atoms with Crippen molar-refractivity contribution in [1.82, 2.24) is 10.3 Å². The van der Waals surface area contributed by atoms with Gasteiger partial charge in [-0.15, -0.1) is 0 Å². The summed E-state index contributed by atoms with van der Waals surface area (Å²) in [6.07, 6.45) is 2.34. The summed E-state index contributed by atoms with van der Waals surface area (Å²) in [6.45, 7) is 1.79. The molecule has 1 amide bonds. The highest BCUT2D eigenvalue weighted by Crippen LogP contribution is 2.18. The number of rotatable bonds is 7. The van der Waals surface area contributed by atoms with Crippen molar-refractivity contribution in [3.63, 3.8) is 0 Å². The Hall–Kier alpha value is -3.46. The Balaban J connectivity index is 1.64. The first-order chi connectivity index (χ1) is 14.2. The number of nitrogens with two attached hydrogens (primary N) is 1. The zero-order chi connectivity index (χ0) is 20.5. The van der Waals surface area contributed by atoms with Crippen LogP contribution in [0, 0.1) is 11.8 Å². The molecule has 0 saturated heterocycles. The van der Waals surface area contributed by atoms with Gasteiger partial charge in [0.05, 0.1) is 5.69 Å². The molecule has 0 aliphatic heterocycles. The largest absolute Gasteiger partial charge is 0.396 e. The van der Waals surface area contributed by atoms with Crippen molar-refractivity contribution in [3.05, 3.63) is 89.1 Å². The van der Waals surface area contributed by atoms with Crippen molar-refractivity contribution in [1.29, 1.82) is 0 Å². The number of nitrogens with one attached hydrogen (secondary N) is 1. The van der Waals surface area contributed by atoms with E-state index in [4.69, 9.17) is 10.8 Å². The normalized spacial score (nSPS) is 10.2. The average molecular weight is 385 g/mol. The van der Waals surface area contributed by atoms with E-state index in [0.29, 0.717) is 11.3 Å². The number of hydrogen-bond acceptors (Lipinski definition) is 4. The fourth-order valence-corrected chi connectivity index (χ4v) is 2.75. The maximum atomic E-state index is 11.3. The van der Waals surface area contributed by atoms with Crippen molar-refractivity contribution >= 4 is 5.91 Å². The van der Waals surface area contributed by atoms with Crippen LogP contribution < -0.4 is 11.1 Å². The number of carbonyl (C=O) groups is 1. The quantitative estimate of drug-likeness (QED) is 0.431. The number of primary amides is 1. The molecule has 0 aliphatic carbocycles. The van der Waals surface area contributed by atoms with Crippen LogP contribution in [0.5, 0.6) is 0 Å². The first-order valence-electron chi connectivity index (χ1n) is 9.44. The summed E-state index contributed by atoms with van der Waals surface area (Å²) in [5.74, 6) is 5.86. The third-order valence-corrected chi connectivity index (χ3v) is 4.37. The van der Waals surface area contributed by atoms with Gasteiger partial charge in [-0.2, -0.15) is 0 Å². The molecule has 3 rings (SSSR count). The highest BCUT2D eigenvalue weighted by molar-refractivity contribution is 5.93. The number of amides is 1. The van der Waals surface area contributed by atoms with E-state index in [1.807, 2.05) is 36.4 Å². The number of benzene rings is 2. The summed E-state index contributed by atoms with van der Waals surface area (Å²) >= 11 is 0. The second-order valence-electron chi connectivity index (χ2n) is 6.57. The monoisotopic (exact) mass is 385 g/mol. The lowest BCUT2D eigenvalue weighted by Crippen LogP contribution is -2.15. The molecule has 1 aromatic heterocycles. The van der Waals surface area contributed by atoms with Gasteiger partial charge in [0.2, 0.25) is 5.91 Å². The van der Waals surface area contributed by atoms with Gasteiger partial charge in [0.15, 0.2) is 0 Å². The minimum atomic E-state index is -0.469. The van der Waals surface area contributed by atoms with Gasteiger partial charge in [0.25, 0.3) is 0 Å². The number of nitrogens with zero attached hydrogens (tertiary/aromatic N) is 1. The lowest BCUT2D eigenvalue weighted by Gasteiger charge is -2.03. The highest BCUT2D eigenvalue weighted by Gasteiger charge is 2.04. The molecule has 0 aliphatic rings. The maximum absolute atomic E-state index is 11.3. The number of aliphatic hydroxyl groups excluding tert-OH is 1. The van der Waals surface area contributed by atoms with Crippen LogP contribution in [0.3, 0.4) is 0 Å². The second kappa shape index (κ2) is 10.2. The van der Waals surface area contributed by atoms with Gasteiger partial charge in [-0.3, -0.25) is 9.78 Å². The minimum absolute atomic E-state index is 0.207. The van der Waals surface area contributed by atoms with Crippen molar-refractivity contribution in [2.24, 2.45) is 5.73 Å². The number of pyridine rings is 1. The summed E-state index contributed by atoms with van der Waals surface area (Å²) in [5, 5.41) is 12.1. The van der Waals surface area contributed by atoms with E-state index < -0.39 is 5.91 Å². The summed E-state index contributed by atoms with van der Waals surface area (Å²) < 4.78 is 0. The van der Waals surface area contributed by atoms with Crippen LogP contribution in [-0.2, 0) is 6.54 Å². The van der Waals surface area contributed by atoms with Crippen LogP contribution in [0.2, 0.25) is 0 Å². The predicted molar refractivity (Wildman–Crippen MR) is 114 cm³/mol. The fourth-order valence-electron chi connectivity index (χ4n) is 2.75. The molecule has 0 saturated carbocycles. The summed E-state index contributed by atoms with van der Waals surface area (Å²) in [4.78, 5) is 15.6. The molecule has 2 aromatic carbocycles. The Morgan fingerprint density at radius 1 is 1.00 bits per heavy atom. The molecule has 1 heterocycles. The molecule has 0 bridgehead atoms. The molecule has 0 fully saturated rings. The standard InChI is InChI=1S/C24H23N3O2/c25-24(29)22-12-14-27-23(16-22)21-10-8-19(9-11-21)3-2-18-4-6-20(7-5-18)17-26-13-1-15-28/h4-12,14,16,26,28H,1,13,15,17H2,(H2,25,29). The Labute approximate surface area is 170 Å². The van der Waals surface area contributed by atoms with Crippen molar-refractivity contribution in [3.8, 4) is 23.1 Å². The molecule has 3 aromatic rings. The molecule has 0 spiro atoms. The first kappa shape index (κ1) is 20.3. The first-order valence-corrected chi connectivity index (χ1v) is 9.44. The SMILES string of the molecule is NC(=O)c1ccnc(-c2ccc(C#Cc3ccc(CNCCCO)cc3)cc2)c1. The lowest BCUT2D eigenvalue weighted by molar-refractivity contribution is 0.1000. The Bertz CT molecular complexity index is 1020. The number of aliphatic hydroxyl groups is 1. The maximum Gasteiger partial charge on any atom is 0.248 e. The van der Waals surface area contributed by atoms with Gasteiger partial charge >= 0.3 is 0 Å². The highest BCUT2D eigenvalue weighted by atomic mass is 16.3. The molecule has 0 unspecified atom stereocenters. The Morgan fingerprint density at radius 2 is 1.66 bits per heavy atom. The van der Waals surface area contributed by atoms with E-state index in [9.17, 15) is 4.79 Å². The van der Waals surface area contributed by atoms with Crippen LogP contribution in [0.15, 0.2) is 66.9 Å². The van der Waals surface area contributed by atoms with E-state index in [1.54, 1.807) is 18.3 Å². The van der Waals surface area contributed by atoms with Crippen LogP contribution >= 0.6 is 0 Å². The molecule has 5 heteroatoms. The molecule has 0 radical (unpaired) electrons. The van der Waals surface area contributed by atoms with Gasteiger partial charge in [-0.25, -0.2) is 0 Å². The fraction of sp³-hybridized carbons (Fsp3) is 0.167. The van der Waals surface area contributed by atoms with E-state index in [-0.39, 0.29) is 6.61 Å². The van der Waals surface area contributed by atoms with Crippen LogP contribution in [0.1, 0.15) is 33.5 Å². The second-order valence-corrected chi connectivity index (χ2v) is 6.57. The zero-order valence-electron chi connectivity index (χ0n) is 16.1. The van der Waals surface area contributed by atoms with E-state index in [2.05, 4.69) is 34.3 Å². The minimum Gasteiger partial charge on any atom is -0.396 e. The zero-order valence-corrected chi connectivity index (χ0v) is 16.1. The molecule has 0 atom stereocenters.